The zero-order chi connectivity index (χ0) is 15.6. The van der Waals surface area contributed by atoms with Crippen LogP contribution in [0.2, 0.25) is 10.3 Å². The summed E-state index contributed by atoms with van der Waals surface area (Å²) >= 11 is 11.5. The lowest BCUT2D eigenvalue weighted by Gasteiger charge is -2.11. The molecule has 1 heterocycles. The fraction of sp³-hybridized carbons (Fsp3) is 0.214. The predicted octanol–water partition coefficient (Wildman–Crippen LogP) is 4.31. The largest absolute Gasteiger partial charge is 0.280 e. The number of anilines is 1. The summed E-state index contributed by atoms with van der Waals surface area (Å²) in [5, 5.41) is -0.0178. The number of pyridine rings is 1. The molecule has 0 aliphatic carbocycles. The van der Waals surface area contributed by atoms with Crippen molar-refractivity contribution in [2.75, 3.05) is 4.72 Å². The highest BCUT2D eigenvalue weighted by Crippen LogP contribution is 2.25. The summed E-state index contributed by atoms with van der Waals surface area (Å²) in [5.41, 5.74) is 1.52. The summed E-state index contributed by atoms with van der Waals surface area (Å²) in [6, 6.07) is 9.92. The van der Waals surface area contributed by atoms with E-state index < -0.39 is 10.0 Å². The van der Waals surface area contributed by atoms with Gasteiger partial charge in [0, 0.05) is 5.69 Å². The molecule has 1 aromatic carbocycles. The minimum atomic E-state index is -3.81. The van der Waals surface area contributed by atoms with Crippen molar-refractivity contribution >= 4 is 38.9 Å². The number of rotatable bonds is 4. The number of aromatic nitrogens is 1. The molecule has 2 rings (SSSR count). The summed E-state index contributed by atoms with van der Waals surface area (Å²) < 4.78 is 27.2. The van der Waals surface area contributed by atoms with Gasteiger partial charge in [-0.3, -0.25) is 4.72 Å². The van der Waals surface area contributed by atoms with Crippen molar-refractivity contribution in [1.82, 2.24) is 4.98 Å². The topological polar surface area (TPSA) is 59.1 Å². The quantitative estimate of drug-likeness (QED) is 0.840. The Morgan fingerprint density at radius 1 is 1.14 bits per heavy atom. The van der Waals surface area contributed by atoms with Crippen molar-refractivity contribution < 1.29 is 8.42 Å². The summed E-state index contributed by atoms with van der Waals surface area (Å²) in [6.07, 6.45) is 0. The predicted molar refractivity (Wildman–Crippen MR) is 85.6 cm³/mol. The Morgan fingerprint density at radius 2 is 1.86 bits per heavy atom. The van der Waals surface area contributed by atoms with Gasteiger partial charge < -0.3 is 0 Å². The van der Waals surface area contributed by atoms with Gasteiger partial charge in [-0.05, 0) is 35.7 Å². The van der Waals surface area contributed by atoms with E-state index in [1.54, 1.807) is 18.2 Å². The average molecular weight is 345 g/mol. The maximum absolute atomic E-state index is 12.3. The fourth-order valence-corrected chi connectivity index (χ4v) is 3.48. The summed E-state index contributed by atoms with van der Waals surface area (Å²) in [5.74, 6) is 0.301. The Hall–Kier alpha value is -1.30. The van der Waals surface area contributed by atoms with E-state index in [9.17, 15) is 8.42 Å². The first-order chi connectivity index (χ1) is 9.79. The first-order valence-electron chi connectivity index (χ1n) is 6.24. The van der Waals surface area contributed by atoms with E-state index >= 15 is 0 Å². The second-order valence-electron chi connectivity index (χ2n) is 4.81. The average Bonchev–Trinajstić information content (AvgIpc) is 2.37. The van der Waals surface area contributed by atoms with Crippen molar-refractivity contribution in [3.05, 3.63) is 52.3 Å². The van der Waals surface area contributed by atoms with Crippen LogP contribution in [0.4, 0.5) is 5.69 Å². The fourth-order valence-electron chi connectivity index (χ4n) is 1.77. The smallest absolute Gasteiger partial charge is 0.264 e. The zero-order valence-electron chi connectivity index (χ0n) is 11.5. The first kappa shape index (κ1) is 16.1. The molecule has 0 unspecified atom stereocenters. The third-order valence-electron chi connectivity index (χ3n) is 2.88. The van der Waals surface area contributed by atoms with Crippen LogP contribution in [0.3, 0.4) is 0 Å². The highest BCUT2D eigenvalue weighted by Gasteiger charge is 2.19. The van der Waals surface area contributed by atoms with Gasteiger partial charge in [0.2, 0.25) is 0 Å². The van der Waals surface area contributed by atoms with Crippen LogP contribution >= 0.6 is 23.2 Å². The molecule has 0 aliphatic heterocycles. The van der Waals surface area contributed by atoms with Gasteiger partial charge in [-0.15, -0.1) is 0 Å². The summed E-state index contributed by atoms with van der Waals surface area (Å²) in [6.45, 7) is 4.07. The second kappa shape index (κ2) is 6.22. The molecule has 0 saturated heterocycles. The molecule has 0 fully saturated rings. The van der Waals surface area contributed by atoms with Gasteiger partial charge in [-0.1, -0.05) is 49.2 Å². The lowest BCUT2D eigenvalue weighted by Crippen LogP contribution is -2.14. The van der Waals surface area contributed by atoms with Crippen LogP contribution in [0.15, 0.2) is 41.3 Å². The van der Waals surface area contributed by atoms with Crippen LogP contribution in [0, 0.1) is 0 Å². The normalized spacial score (nSPS) is 11.7. The van der Waals surface area contributed by atoms with Crippen LogP contribution in [0.1, 0.15) is 25.3 Å². The van der Waals surface area contributed by atoms with Gasteiger partial charge in [0.15, 0.2) is 5.15 Å². The van der Waals surface area contributed by atoms with Gasteiger partial charge in [0.05, 0.1) is 0 Å². The number of hydrogen-bond donors (Lipinski definition) is 1. The maximum Gasteiger partial charge on any atom is 0.264 e. The maximum atomic E-state index is 12.3. The molecule has 4 nitrogen and oxygen atoms in total. The Balaban J connectivity index is 2.35. The van der Waals surface area contributed by atoms with E-state index in [0.29, 0.717) is 11.6 Å². The molecule has 21 heavy (non-hydrogen) atoms. The molecule has 0 bridgehead atoms. The summed E-state index contributed by atoms with van der Waals surface area (Å²) in [4.78, 5) is 3.63. The van der Waals surface area contributed by atoms with Crippen molar-refractivity contribution in [3.63, 3.8) is 0 Å². The Bertz CT molecular complexity index is 761. The van der Waals surface area contributed by atoms with Crippen molar-refractivity contribution in [3.8, 4) is 0 Å². The van der Waals surface area contributed by atoms with Gasteiger partial charge in [-0.25, -0.2) is 13.4 Å². The van der Waals surface area contributed by atoms with E-state index in [1.165, 1.54) is 12.1 Å². The first-order valence-corrected chi connectivity index (χ1v) is 8.48. The molecule has 1 aromatic heterocycles. The van der Waals surface area contributed by atoms with E-state index in [-0.39, 0.29) is 15.2 Å². The zero-order valence-corrected chi connectivity index (χ0v) is 13.8. The highest BCUT2D eigenvalue weighted by atomic mass is 35.5. The molecule has 0 spiro atoms. The molecular weight excluding hydrogens is 331 g/mol. The number of nitrogens with one attached hydrogen (secondary N) is 1. The number of sulfonamides is 1. The number of halogens is 2. The van der Waals surface area contributed by atoms with Gasteiger partial charge >= 0.3 is 0 Å². The number of nitrogens with zero attached hydrogens (tertiary/aromatic N) is 1. The Labute approximate surface area is 134 Å². The standard InChI is InChI=1S/C14H14Cl2N2O2S/c1-9(2)10-4-3-5-11(8-10)18-21(19,20)12-6-7-13(15)17-14(12)16/h3-9,18H,1-2H3. The molecule has 0 saturated carbocycles. The molecule has 112 valence electrons. The Morgan fingerprint density at radius 3 is 2.48 bits per heavy atom. The lowest BCUT2D eigenvalue weighted by molar-refractivity contribution is 0.601. The van der Waals surface area contributed by atoms with Crippen LogP contribution in [-0.2, 0) is 10.0 Å². The highest BCUT2D eigenvalue weighted by molar-refractivity contribution is 7.92. The third-order valence-corrected chi connectivity index (χ3v) is 4.90. The van der Waals surface area contributed by atoms with Crippen LogP contribution in [-0.4, -0.2) is 13.4 Å². The molecular formula is C14H14Cl2N2O2S. The van der Waals surface area contributed by atoms with Gasteiger partial charge in [0.25, 0.3) is 10.0 Å². The van der Waals surface area contributed by atoms with Crippen molar-refractivity contribution in [2.24, 2.45) is 0 Å². The number of hydrogen-bond acceptors (Lipinski definition) is 3. The third kappa shape index (κ3) is 3.87. The molecule has 0 amide bonds. The number of benzene rings is 1. The monoisotopic (exact) mass is 344 g/mol. The van der Waals surface area contributed by atoms with Crippen LogP contribution in [0.25, 0.3) is 0 Å². The second-order valence-corrected chi connectivity index (χ2v) is 7.20. The van der Waals surface area contributed by atoms with Crippen molar-refractivity contribution in [1.29, 1.82) is 0 Å². The Kier molecular flexibility index (Phi) is 4.76. The van der Waals surface area contributed by atoms with E-state index in [4.69, 9.17) is 23.2 Å². The molecule has 0 atom stereocenters. The molecule has 0 aliphatic rings. The molecule has 7 heteroatoms. The molecule has 1 N–H and O–H groups in total. The lowest BCUT2D eigenvalue weighted by atomic mass is 10.0. The summed E-state index contributed by atoms with van der Waals surface area (Å²) in [7, 11) is -3.81. The SMILES string of the molecule is CC(C)c1cccc(NS(=O)(=O)c2ccc(Cl)nc2Cl)c1. The van der Waals surface area contributed by atoms with E-state index in [2.05, 4.69) is 9.71 Å². The molecule has 2 aromatic rings. The van der Waals surface area contributed by atoms with Crippen molar-refractivity contribution in [2.45, 2.75) is 24.7 Å². The van der Waals surface area contributed by atoms with Crippen LogP contribution in [0.5, 0.6) is 0 Å². The van der Waals surface area contributed by atoms with Crippen LogP contribution < -0.4 is 4.72 Å². The van der Waals surface area contributed by atoms with Gasteiger partial charge in [-0.2, -0.15) is 0 Å². The van der Waals surface area contributed by atoms with Gasteiger partial charge in [0.1, 0.15) is 10.0 Å². The van der Waals surface area contributed by atoms with E-state index in [0.717, 1.165) is 5.56 Å². The molecule has 0 radical (unpaired) electrons. The minimum absolute atomic E-state index is 0.108. The van der Waals surface area contributed by atoms with E-state index in [1.807, 2.05) is 19.9 Å². The minimum Gasteiger partial charge on any atom is -0.280 e.